The molecule has 1 aromatic rings. The highest BCUT2D eigenvalue weighted by Gasteiger charge is 2.27. The molecule has 5 heteroatoms. The van der Waals surface area contributed by atoms with Crippen LogP contribution in [0.15, 0.2) is 4.52 Å². The minimum absolute atomic E-state index is 0.0532. The van der Waals surface area contributed by atoms with Crippen molar-refractivity contribution in [1.29, 1.82) is 0 Å². The number of nitrogens with two attached hydrogens (primary N) is 1. The van der Waals surface area contributed by atoms with Gasteiger partial charge < -0.3 is 10.3 Å². The van der Waals surface area contributed by atoms with Gasteiger partial charge in [0.2, 0.25) is 5.89 Å². The lowest BCUT2D eigenvalue weighted by Gasteiger charge is -2.23. The zero-order valence-corrected chi connectivity index (χ0v) is 12.3. The SMILES string of the molecule is CC(C)(C)[C@@H](N)c1nc(CSC2CCCC2)no1. The van der Waals surface area contributed by atoms with Crippen molar-refractivity contribution >= 4 is 11.8 Å². The van der Waals surface area contributed by atoms with Crippen molar-refractivity contribution in [1.82, 2.24) is 10.1 Å². The summed E-state index contributed by atoms with van der Waals surface area (Å²) in [6, 6.07) is -0.199. The van der Waals surface area contributed by atoms with Crippen molar-refractivity contribution in [2.24, 2.45) is 11.1 Å². The quantitative estimate of drug-likeness (QED) is 0.908. The number of rotatable bonds is 4. The van der Waals surface area contributed by atoms with Gasteiger partial charge in [0.25, 0.3) is 0 Å². The molecule has 0 amide bonds. The Labute approximate surface area is 113 Å². The third-order valence-corrected chi connectivity index (χ3v) is 4.80. The van der Waals surface area contributed by atoms with E-state index in [1.165, 1.54) is 25.7 Å². The van der Waals surface area contributed by atoms with E-state index in [4.69, 9.17) is 10.3 Å². The number of nitrogens with zero attached hydrogens (tertiary/aromatic N) is 2. The zero-order valence-electron chi connectivity index (χ0n) is 11.5. The van der Waals surface area contributed by atoms with Gasteiger partial charge in [0.1, 0.15) is 0 Å². The third-order valence-electron chi connectivity index (χ3n) is 3.43. The smallest absolute Gasteiger partial charge is 0.244 e. The maximum Gasteiger partial charge on any atom is 0.244 e. The highest BCUT2D eigenvalue weighted by atomic mass is 32.2. The molecular formula is C13H23N3OS. The van der Waals surface area contributed by atoms with Crippen LogP contribution in [0, 0.1) is 5.41 Å². The van der Waals surface area contributed by atoms with E-state index in [1.807, 2.05) is 11.8 Å². The summed E-state index contributed by atoms with van der Waals surface area (Å²) >= 11 is 1.94. The summed E-state index contributed by atoms with van der Waals surface area (Å²) in [5.74, 6) is 2.18. The van der Waals surface area contributed by atoms with Gasteiger partial charge in [-0.2, -0.15) is 16.7 Å². The summed E-state index contributed by atoms with van der Waals surface area (Å²) in [7, 11) is 0. The highest BCUT2D eigenvalue weighted by Crippen LogP contribution is 2.32. The Kier molecular flexibility index (Phi) is 4.33. The van der Waals surface area contributed by atoms with E-state index in [2.05, 4.69) is 30.9 Å². The summed E-state index contributed by atoms with van der Waals surface area (Å²) in [4.78, 5) is 4.41. The molecule has 0 spiro atoms. The molecule has 0 radical (unpaired) electrons. The molecule has 0 bridgehead atoms. The van der Waals surface area contributed by atoms with Crippen LogP contribution in [0.3, 0.4) is 0 Å². The minimum Gasteiger partial charge on any atom is -0.338 e. The molecule has 1 aliphatic rings. The average Bonchev–Trinajstić information content (AvgIpc) is 2.95. The first-order valence-corrected chi connectivity index (χ1v) is 7.71. The van der Waals surface area contributed by atoms with Crippen LogP contribution < -0.4 is 5.73 Å². The van der Waals surface area contributed by atoms with Crippen LogP contribution in [0.1, 0.15) is 64.2 Å². The van der Waals surface area contributed by atoms with Crippen LogP contribution >= 0.6 is 11.8 Å². The molecule has 1 atom stereocenters. The molecule has 18 heavy (non-hydrogen) atoms. The number of thioether (sulfide) groups is 1. The summed E-state index contributed by atoms with van der Waals surface area (Å²) in [6.07, 6.45) is 5.39. The average molecular weight is 269 g/mol. The van der Waals surface area contributed by atoms with Crippen molar-refractivity contribution in [3.05, 3.63) is 11.7 Å². The predicted molar refractivity (Wildman–Crippen MR) is 74.2 cm³/mol. The minimum atomic E-state index is -0.199. The Morgan fingerprint density at radius 2 is 2.06 bits per heavy atom. The predicted octanol–water partition coefficient (Wildman–Crippen LogP) is 3.29. The lowest BCUT2D eigenvalue weighted by Crippen LogP contribution is -2.26. The van der Waals surface area contributed by atoms with Crippen LogP contribution in [0.25, 0.3) is 0 Å². The fourth-order valence-corrected chi connectivity index (χ4v) is 3.24. The third kappa shape index (κ3) is 3.48. The fourth-order valence-electron chi connectivity index (χ4n) is 2.07. The molecule has 0 saturated heterocycles. The molecule has 1 aromatic heterocycles. The van der Waals surface area contributed by atoms with Gasteiger partial charge in [0.05, 0.1) is 11.8 Å². The molecule has 1 aliphatic carbocycles. The fraction of sp³-hybridized carbons (Fsp3) is 0.846. The van der Waals surface area contributed by atoms with E-state index >= 15 is 0 Å². The van der Waals surface area contributed by atoms with Crippen molar-refractivity contribution in [2.45, 2.75) is 63.5 Å². The van der Waals surface area contributed by atoms with Gasteiger partial charge in [-0.05, 0) is 18.3 Å². The van der Waals surface area contributed by atoms with Crippen molar-refractivity contribution in [3.63, 3.8) is 0 Å². The maximum absolute atomic E-state index is 6.10. The standard InChI is InChI=1S/C13H23N3OS/c1-13(2,3)11(14)12-15-10(16-17-12)8-18-9-6-4-5-7-9/h9,11H,4-8,14H2,1-3H3/t11-/m0/s1. The largest absolute Gasteiger partial charge is 0.338 e. The van der Waals surface area contributed by atoms with E-state index in [-0.39, 0.29) is 11.5 Å². The molecule has 2 N–H and O–H groups in total. The Morgan fingerprint density at radius 1 is 1.39 bits per heavy atom. The Hall–Kier alpha value is -0.550. The monoisotopic (exact) mass is 269 g/mol. The summed E-state index contributed by atoms with van der Waals surface area (Å²) in [5, 5.41) is 4.81. The lowest BCUT2D eigenvalue weighted by atomic mass is 9.87. The van der Waals surface area contributed by atoms with E-state index in [0.717, 1.165) is 16.8 Å². The van der Waals surface area contributed by atoms with Crippen LogP contribution in [-0.4, -0.2) is 15.4 Å². The lowest BCUT2D eigenvalue weighted by molar-refractivity contribution is 0.252. The van der Waals surface area contributed by atoms with Gasteiger partial charge in [-0.15, -0.1) is 0 Å². The van der Waals surface area contributed by atoms with Crippen LogP contribution in [0.5, 0.6) is 0 Å². The van der Waals surface area contributed by atoms with E-state index < -0.39 is 0 Å². The summed E-state index contributed by atoms with van der Waals surface area (Å²) < 4.78 is 5.27. The highest BCUT2D eigenvalue weighted by molar-refractivity contribution is 7.99. The van der Waals surface area contributed by atoms with Crippen molar-refractivity contribution in [2.75, 3.05) is 0 Å². The first-order chi connectivity index (χ1) is 8.47. The Bertz CT molecular complexity index is 380. The topological polar surface area (TPSA) is 64.9 Å². The molecule has 1 heterocycles. The molecule has 0 unspecified atom stereocenters. The number of aromatic nitrogens is 2. The van der Waals surface area contributed by atoms with Crippen LogP contribution in [-0.2, 0) is 5.75 Å². The van der Waals surface area contributed by atoms with Crippen molar-refractivity contribution < 1.29 is 4.52 Å². The normalized spacial score (nSPS) is 19.3. The zero-order chi connectivity index (χ0) is 13.2. The van der Waals surface area contributed by atoms with E-state index in [0.29, 0.717) is 5.89 Å². The van der Waals surface area contributed by atoms with Gasteiger partial charge in [-0.25, -0.2) is 0 Å². The molecule has 1 saturated carbocycles. The molecule has 4 nitrogen and oxygen atoms in total. The Morgan fingerprint density at radius 3 is 2.67 bits per heavy atom. The van der Waals surface area contributed by atoms with Gasteiger partial charge in [-0.3, -0.25) is 0 Å². The summed E-state index contributed by atoms with van der Waals surface area (Å²) in [6.45, 7) is 6.23. The van der Waals surface area contributed by atoms with Crippen LogP contribution in [0.2, 0.25) is 0 Å². The van der Waals surface area contributed by atoms with Gasteiger partial charge in [-0.1, -0.05) is 38.8 Å². The number of hydrogen-bond donors (Lipinski definition) is 1. The van der Waals surface area contributed by atoms with Crippen molar-refractivity contribution in [3.8, 4) is 0 Å². The summed E-state index contributed by atoms with van der Waals surface area (Å²) in [5.41, 5.74) is 6.05. The first kappa shape index (κ1) is 13.9. The molecule has 2 rings (SSSR count). The number of hydrogen-bond acceptors (Lipinski definition) is 5. The maximum atomic E-state index is 6.10. The van der Waals surface area contributed by atoms with Gasteiger partial charge >= 0.3 is 0 Å². The molecule has 0 aliphatic heterocycles. The van der Waals surface area contributed by atoms with E-state index in [1.54, 1.807) is 0 Å². The second kappa shape index (κ2) is 5.61. The van der Waals surface area contributed by atoms with E-state index in [9.17, 15) is 0 Å². The molecule has 102 valence electrons. The second-order valence-electron chi connectivity index (χ2n) is 6.11. The van der Waals surface area contributed by atoms with Gasteiger partial charge in [0, 0.05) is 5.25 Å². The molecule has 0 aromatic carbocycles. The molecular weight excluding hydrogens is 246 g/mol. The van der Waals surface area contributed by atoms with Crippen LogP contribution in [0.4, 0.5) is 0 Å². The van der Waals surface area contributed by atoms with Gasteiger partial charge in [0.15, 0.2) is 5.82 Å². The second-order valence-corrected chi connectivity index (χ2v) is 7.40. The molecule has 1 fully saturated rings. The Balaban J connectivity index is 1.89. The first-order valence-electron chi connectivity index (χ1n) is 6.66.